The van der Waals surface area contributed by atoms with E-state index >= 15 is 0 Å². The molecule has 3 rings (SSSR count). The van der Waals surface area contributed by atoms with Crippen molar-refractivity contribution in [1.29, 1.82) is 0 Å². The van der Waals surface area contributed by atoms with Crippen LogP contribution < -0.4 is 4.74 Å². The van der Waals surface area contributed by atoms with Gasteiger partial charge in [-0.1, -0.05) is 23.7 Å². The fourth-order valence-electron chi connectivity index (χ4n) is 2.63. The van der Waals surface area contributed by atoms with Crippen molar-refractivity contribution in [2.45, 2.75) is 32.3 Å². The van der Waals surface area contributed by atoms with Crippen LogP contribution in [-0.4, -0.2) is 5.11 Å². The second-order valence-corrected chi connectivity index (χ2v) is 5.56. The lowest BCUT2D eigenvalue weighted by Crippen LogP contribution is -2.02. The fourth-order valence-corrected chi connectivity index (χ4v) is 2.86. The number of fused-ring (bicyclic) bond motifs is 1. The Morgan fingerprint density at radius 2 is 1.65 bits per heavy atom. The number of halogens is 1. The molecule has 0 radical (unpaired) electrons. The van der Waals surface area contributed by atoms with Gasteiger partial charge in [0.1, 0.15) is 11.5 Å². The van der Waals surface area contributed by atoms with E-state index in [1.54, 1.807) is 12.1 Å². The van der Waals surface area contributed by atoms with E-state index in [0.29, 0.717) is 16.3 Å². The Morgan fingerprint density at radius 3 is 2.40 bits per heavy atom. The van der Waals surface area contributed by atoms with Gasteiger partial charge in [-0.2, -0.15) is 0 Å². The normalized spacial score (nSPS) is 13.9. The number of hydrogen-bond donors (Lipinski definition) is 1. The van der Waals surface area contributed by atoms with Crippen LogP contribution >= 0.6 is 11.6 Å². The molecule has 3 heteroatoms. The highest BCUT2D eigenvalue weighted by Crippen LogP contribution is 2.30. The third-order valence-electron chi connectivity index (χ3n) is 3.75. The van der Waals surface area contributed by atoms with Crippen LogP contribution in [0.1, 0.15) is 29.5 Å². The van der Waals surface area contributed by atoms with Gasteiger partial charge in [-0.25, -0.2) is 0 Å². The molecule has 0 heterocycles. The lowest BCUT2D eigenvalue weighted by atomic mass is 9.92. The smallest absolute Gasteiger partial charge is 0.128 e. The minimum Gasteiger partial charge on any atom is -0.457 e. The van der Waals surface area contributed by atoms with E-state index in [2.05, 4.69) is 12.1 Å². The summed E-state index contributed by atoms with van der Waals surface area (Å²) in [6.07, 6.45) is 4.85. The molecule has 1 aliphatic rings. The van der Waals surface area contributed by atoms with Gasteiger partial charge in [-0.05, 0) is 66.6 Å². The average molecular weight is 289 g/mol. The van der Waals surface area contributed by atoms with E-state index in [4.69, 9.17) is 21.4 Å². The summed E-state index contributed by atoms with van der Waals surface area (Å²) in [6.45, 7) is -0.0576. The predicted molar refractivity (Wildman–Crippen MR) is 80.5 cm³/mol. The van der Waals surface area contributed by atoms with Crippen LogP contribution in [0.25, 0.3) is 0 Å². The van der Waals surface area contributed by atoms with E-state index in [0.717, 1.165) is 12.2 Å². The van der Waals surface area contributed by atoms with Crippen molar-refractivity contribution in [3.63, 3.8) is 0 Å². The Morgan fingerprint density at radius 1 is 0.950 bits per heavy atom. The first kappa shape index (κ1) is 13.5. The summed E-state index contributed by atoms with van der Waals surface area (Å²) >= 11 is 6.07. The van der Waals surface area contributed by atoms with Crippen molar-refractivity contribution >= 4 is 11.6 Å². The molecule has 0 spiro atoms. The first-order valence-electron chi connectivity index (χ1n) is 6.95. The largest absolute Gasteiger partial charge is 0.457 e. The third-order valence-corrected chi connectivity index (χ3v) is 4.10. The van der Waals surface area contributed by atoms with Crippen molar-refractivity contribution < 1.29 is 9.84 Å². The lowest BCUT2D eigenvalue weighted by Gasteiger charge is -2.17. The number of hydrogen-bond acceptors (Lipinski definition) is 2. The minimum absolute atomic E-state index is 0.0576. The molecular formula is C17H17ClO2. The van der Waals surface area contributed by atoms with Crippen LogP contribution in [0.5, 0.6) is 11.5 Å². The van der Waals surface area contributed by atoms with E-state index < -0.39 is 0 Å². The summed E-state index contributed by atoms with van der Waals surface area (Å²) in [7, 11) is 0. The molecule has 0 saturated heterocycles. The molecule has 0 fully saturated rings. The summed E-state index contributed by atoms with van der Waals surface area (Å²) in [5.41, 5.74) is 3.55. The van der Waals surface area contributed by atoms with Crippen LogP contribution in [0.4, 0.5) is 0 Å². The molecule has 0 bridgehead atoms. The molecule has 104 valence electrons. The zero-order valence-corrected chi connectivity index (χ0v) is 12.0. The standard InChI is InChI=1S/C17H17ClO2/c18-17-10-16(8-6-14(17)11-19)20-15-7-5-12-3-1-2-4-13(12)9-15/h5-10,19H,1-4,11H2. The van der Waals surface area contributed by atoms with Crippen molar-refractivity contribution in [1.82, 2.24) is 0 Å². The molecule has 0 aromatic heterocycles. The van der Waals surface area contributed by atoms with Gasteiger partial charge >= 0.3 is 0 Å². The Hall–Kier alpha value is -1.51. The molecule has 0 unspecified atom stereocenters. The van der Waals surface area contributed by atoms with Crippen LogP contribution in [-0.2, 0) is 19.4 Å². The summed E-state index contributed by atoms with van der Waals surface area (Å²) in [5.74, 6) is 1.54. The highest BCUT2D eigenvalue weighted by Gasteiger charge is 2.10. The Kier molecular flexibility index (Phi) is 3.95. The fraction of sp³-hybridized carbons (Fsp3) is 0.294. The van der Waals surface area contributed by atoms with E-state index in [-0.39, 0.29) is 6.61 Å². The molecule has 2 aromatic rings. The second kappa shape index (κ2) is 5.86. The predicted octanol–water partition coefficient (Wildman–Crippen LogP) is 4.50. The van der Waals surface area contributed by atoms with Gasteiger partial charge in [0.25, 0.3) is 0 Å². The highest BCUT2D eigenvalue weighted by atomic mass is 35.5. The monoisotopic (exact) mass is 288 g/mol. The van der Waals surface area contributed by atoms with Crippen molar-refractivity contribution in [2.75, 3.05) is 0 Å². The van der Waals surface area contributed by atoms with Crippen LogP contribution in [0.2, 0.25) is 5.02 Å². The molecule has 20 heavy (non-hydrogen) atoms. The number of aryl methyl sites for hydroxylation is 2. The van der Waals surface area contributed by atoms with E-state index in [9.17, 15) is 0 Å². The number of rotatable bonds is 3. The molecule has 0 atom stereocenters. The molecule has 1 aliphatic carbocycles. The number of benzene rings is 2. The first-order valence-corrected chi connectivity index (χ1v) is 7.33. The van der Waals surface area contributed by atoms with Crippen LogP contribution in [0.3, 0.4) is 0 Å². The van der Waals surface area contributed by atoms with Crippen molar-refractivity contribution in [2.24, 2.45) is 0 Å². The van der Waals surface area contributed by atoms with Gasteiger partial charge in [0, 0.05) is 5.02 Å². The average Bonchev–Trinajstić information content (AvgIpc) is 2.47. The van der Waals surface area contributed by atoms with Crippen molar-refractivity contribution in [3.8, 4) is 11.5 Å². The molecule has 0 saturated carbocycles. The van der Waals surface area contributed by atoms with E-state index in [1.165, 1.54) is 30.4 Å². The number of ether oxygens (including phenoxy) is 1. The van der Waals surface area contributed by atoms with E-state index in [1.807, 2.05) is 12.1 Å². The Labute approximate surface area is 124 Å². The maximum atomic E-state index is 9.11. The van der Waals surface area contributed by atoms with Crippen LogP contribution in [0, 0.1) is 0 Å². The van der Waals surface area contributed by atoms with Gasteiger partial charge < -0.3 is 9.84 Å². The third kappa shape index (κ3) is 2.82. The molecule has 2 aromatic carbocycles. The quantitative estimate of drug-likeness (QED) is 0.901. The van der Waals surface area contributed by atoms with Gasteiger partial charge in [-0.15, -0.1) is 0 Å². The molecule has 1 N–H and O–H groups in total. The molecular weight excluding hydrogens is 272 g/mol. The summed E-state index contributed by atoms with van der Waals surface area (Å²) in [6, 6.07) is 11.7. The lowest BCUT2D eigenvalue weighted by molar-refractivity contribution is 0.282. The van der Waals surface area contributed by atoms with Gasteiger partial charge in [-0.3, -0.25) is 0 Å². The van der Waals surface area contributed by atoms with Gasteiger partial charge in [0.2, 0.25) is 0 Å². The summed E-state index contributed by atoms with van der Waals surface area (Å²) in [4.78, 5) is 0. The highest BCUT2D eigenvalue weighted by molar-refractivity contribution is 6.31. The zero-order valence-electron chi connectivity index (χ0n) is 11.2. The SMILES string of the molecule is OCc1ccc(Oc2ccc3c(c2)CCCC3)cc1Cl. The van der Waals surface area contributed by atoms with Gasteiger partial charge in [0.15, 0.2) is 0 Å². The van der Waals surface area contributed by atoms with Crippen molar-refractivity contribution in [3.05, 3.63) is 58.1 Å². The topological polar surface area (TPSA) is 29.5 Å². The number of aliphatic hydroxyl groups excluding tert-OH is 1. The Balaban J connectivity index is 1.82. The number of aliphatic hydroxyl groups is 1. The molecule has 2 nitrogen and oxygen atoms in total. The zero-order chi connectivity index (χ0) is 13.9. The molecule has 0 aliphatic heterocycles. The first-order chi connectivity index (χ1) is 9.76. The second-order valence-electron chi connectivity index (χ2n) is 5.15. The summed E-state index contributed by atoms with van der Waals surface area (Å²) < 4.78 is 5.86. The molecule has 0 amide bonds. The summed E-state index contributed by atoms with van der Waals surface area (Å²) in [5, 5.41) is 9.64. The minimum atomic E-state index is -0.0576. The maximum Gasteiger partial charge on any atom is 0.128 e. The maximum absolute atomic E-state index is 9.11. The van der Waals surface area contributed by atoms with Gasteiger partial charge in [0.05, 0.1) is 6.61 Å². The Bertz CT molecular complexity index is 622. The van der Waals surface area contributed by atoms with Crippen LogP contribution in [0.15, 0.2) is 36.4 Å².